The molecule has 0 N–H and O–H groups in total. The van der Waals surface area contributed by atoms with Crippen LogP contribution in [0.1, 0.15) is 28.2 Å². The van der Waals surface area contributed by atoms with Crippen molar-refractivity contribution >= 4 is 15.9 Å². The van der Waals surface area contributed by atoms with E-state index in [0.717, 1.165) is 5.56 Å². The van der Waals surface area contributed by atoms with Crippen molar-refractivity contribution in [3.63, 3.8) is 0 Å². The fourth-order valence-electron chi connectivity index (χ4n) is 4.85. The number of hydrogen-bond acceptors (Lipinski definition) is 7. The van der Waals surface area contributed by atoms with Crippen LogP contribution < -0.4 is 4.74 Å². The molecule has 1 spiro atoms. The van der Waals surface area contributed by atoms with Crippen LogP contribution in [0.25, 0.3) is 0 Å². The van der Waals surface area contributed by atoms with E-state index in [-0.39, 0.29) is 37.3 Å². The Morgan fingerprint density at radius 1 is 1.33 bits per heavy atom. The molecule has 3 fully saturated rings. The second kappa shape index (κ2) is 6.79. The molecule has 1 aromatic carbocycles. The lowest BCUT2D eigenvalue weighted by Crippen LogP contribution is -2.56. The summed E-state index contributed by atoms with van der Waals surface area (Å²) in [4.78, 5) is 14.5. The molecule has 30 heavy (non-hydrogen) atoms. The Bertz CT molecular complexity index is 1100. The first-order valence-corrected chi connectivity index (χ1v) is 11.3. The van der Waals surface area contributed by atoms with Crippen LogP contribution in [0.3, 0.4) is 0 Å². The Morgan fingerprint density at radius 3 is 2.90 bits per heavy atom. The topological polar surface area (TPSA) is 102 Å². The average molecular weight is 433 g/mol. The standard InChI is InChI=1S/C20H23N3O6S/c1-13-6-17(21-29-13)19(24)22-10-16-8-18-20(11-22,28-16)12-23(30(18,25)26)9-14-4-3-5-15(7-14)27-2/h3-7,16,18H,8-12H2,1-2H3/t16-,18+,20+/m1/s1. The molecular weight excluding hydrogens is 410 g/mol. The normalized spacial score (nSPS) is 29.7. The van der Waals surface area contributed by atoms with Crippen LogP contribution in [0.5, 0.6) is 5.75 Å². The Labute approximate surface area is 174 Å². The minimum Gasteiger partial charge on any atom is -0.497 e. The first-order chi connectivity index (χ1) is 14.3. The number of nitrogens with zero attached hydrogens (tertiary/aromatic N) is 3. The molecule has 0 unspecified atom stereocenters. The molecule has 1 amide bonds. The number of morpholine rings is 1. The Hall–Kier alpha value is -2.43. The van der Waals surface area contributed by atoms with Crippen molar-refractivity contribution in [2.45, 2.75) is 36.8 Å². The third-order valence-corrected chi connectivity index (χ3v) is 8.46. The molecule has 9 nitrogen and oxygen atoms in total. The van der Waals surface area contributed by atoms with Gasteiger partial charge in [-0.05, 0) is 31.0 Å². The number of aromatic nitrogens is 1. The van der Waals surface area contributed by atoms with Gasteiger partial charge in [0.15, 0.2) is 5.69 Å². The molecule has 0 saturated carbocycles. The van der Waals surface area contributed by atoms with Crippen molar-refractivity contribution in [1.82, 2.24) is 14.4 Å². The number of carbonyl (C=O) groups is 1. The maximum Gasteiger partial charge on any atom is 0.276 e. The molecule has 1 aromatic heterocycles. The third-order valence-electron chi connectivity index (χ3n) is 6.14. The monoisotopic (exact) mass is 433 g/mol. The fourth-order valence-corrected chi connectivity index (χ4v) is 7.14. The van der Waals surface area contributed by atoms with Crippen LogP contribution >= 0.6 is 0 Å². The number of methoxy groups -OCH3 is 1. The lowest BCUT2D eigenvalue weighted by molar-refractivity contribution is -0.0981. The van der Waals surface area contributed by atoms with Crippen LogP contribution in [0.15, 0.2) is 34.9 Å². The number of hydrogen-bond donors (Lipinski definition) is 0. The number of rotatable bonds is 4. The van der Waals surface area contributed by atoms with E-state index in [0.29, 0.717) is 24.5 Å². The van der Waals surface area contributed by atoms with E-state index in [9.17, 15) is 13.2 Å². The van der Waals surface area contributed by atoms with E-state index in [1.54, 1.807) is 25.0 Å². The maximum absolute atomic E-state index is 13.3. The van der Waals surface area contributed by atoms with Crippen molar-refractivity contribution in [1.29, 1.82) is 0 Å². The lowest BCUT2D eigenvalue weighted by atomic mass is 9.99. The van der Waals surface area contributed by atoms with Crippen LogP contribution in [0.4, 0.5) is 0 Å². The molecule has 3 atom stereocenters. The number of fused-ring (bicyclic) bond motifs is 1. The number of aryl methyl sites for hydroxylation is 1. The highest BCUT2D eigenvalue weighted by atomic mass is 32.2. The van der Waals surface area contributed by atoms with Crippen LogP contribution in [0, 0.1) is 6.92 Å². The highest BCUT2D eigenvalue weighted by molar-refractivity contribution is 7.90. The van der Waals surface area contributed by atoms with Gasteiger partial charge in [0.05, 0.1) is 19.8 Å². The SMILES string of the molecule is COc1cccc(CN2C[C@@]34CN(C(=O)c5cc(C)on5)C[C@@H](C[C@@H]3S2(=O)=O)O4)c1. The maximum atomic E-state index is 13.3. The molecule has 160 valence electrons. The molecule has 4 heterocycles. The molecular formula is C20H23N3O6S. The smallest absolute Gasteiger partial charge is 0.276 e. The number of benzene rings is 1. The fraction of sp³-hybridized carbons (Fsp3) is 0.500. The molecule has 0 radical (unpaired) electrons. The van der Waals surface area contributed by atoms with E-state index in [1.165, 1.54) is 4.31 Å². The predicted molar refractivity (Wildman–Crippen MR) is 105 cm³/mol. The number of carbonyl (C=O) groups excluding carboxylic acids is 1. The molecule has 5 rings (SSSR count). The first-order valence-electron chi connectivity index (χ1n) is 9.83. The zero-order valence-corrected chi connectivity index (χ0v) is 17.6. The zero-order valence-electron chi connectivity index (χ0n) is 16.8. The van der Waals surface area contributed by atoms with Gasteiger partial charge in [0, 0.05) is 25.7 Å². The van der Waals surface area contributed by atoms with Gasteiger partial charge in [-0.25, -0.2) is 8.42 Å². The Balaban J connectivity index is 1.40. The van der Waals surface area contributed by atoms with Gasteiger partial charge in [0.2, 0.25) is 10.0 Å². The minimum atomic E-state index is -3.56. The number of likely N-dealkylation sites (tertiary alicyclic amines) is 1. The van der Waals surface area contributed by atoms with Crippen molar-refractivity contribution in [3.8, 4) is 5.75 Å². The van der Waals surface area contributed by atoms with Crippen LogP contribution in [-0.2, 0) is 21.3 Å². The Morgan fingerprint density at radius 2 is 2.17 bits per heavy atom. The summed E-state index contributed by atoms with van der Waals surface area (Å²) in [6.07, 6.45) is 0.0907. The van der Waals surface area contributed by atoms with Gasteiger partial charge in [-0.3, -0.25) is 4.79 Å². The van der Waals surface area contributed by atoms with E-state index in [2.05, 4.69) is 5.16 Å². The van der Waals surface area contributed by atoms with Gasteiger partial charge < -0.3 is 18.9 Å². The summed E-state index contributed by atoms with van der Waals surface area (Å²) in [5.41, 5.74) is 0.151. The van der Waals surface area contributed by atoms with Gasteiger partial charge in [0.25, 0.3) is 5.91 Å². The van der Waals surface area contributed by atoms with Crippen LogP contribution in [0.2, 0.25) is 0 Å². The summed E-state index contributed by atoms with van der Waals surface area (Å²) in [5.74, 6) is 0.971. The number of ether oxygens (including phenoxy) is 2. The largest absolute Gasteiger partial charge is 0.497 e. The molecule has 2 aromatic rings. The summed E-state index contributed by atoms with van der Waals surface area (Å²) in [6.45, 7) is 2.75. The quantitative estimate of drug-likeness (QED) is 0.714. The zero-order chi connectivity index (χ0) is 21.1. The molecule has 3 aliphatic heterocycles. The van der Waals surface area contributed by atoms with Crippen molar-refractivity contribution in [3.05, 3.63) is 47.3 Å². The van der Waals surface area contributed by atoms with E-state index in [1.807, 2.05) is 24.3 Å². The molecule has 0 aliphatic carbocycles. The average Bonchev–Trinajstić information content (AvgIpc) is 3.32. The summed E-state index contributed by atoms with van der Waals surface area (Å²) >= 11 is 0. The van der Waals surface area contributed by atoms with E-state index < -0.39 is 20.9 Å². The molecule has 10 heteroatoms. The Kier molecular flexibility index (Phi) is 4.42. The van der Waals surface area contributed by atoms with Crippen molar-refractivity contribution in [2.75, 3.05) is 26.7 Å². The van der Waals surface area contributed by atoms with E-state index in [4.69, 9.17) is 14.0 Å². The van der Waals surface area contributed by atoms with Gasteiger partial charge in [0.1, 0.15) is 22.4 Å². The highest BCUT2D eigenvalue weighted by Crippen LogP contribution is 2.47. The summed E-state index contributed by atoms with van der Waals surface area (Å²) in [7, 11) is -1.98. The van der Waals surface area contributed by atoms with Gasteiger partial charge in [-0.2, -0.15) is 4.31 Å². The first kappa shape index (κ1) is 19.5. The molecule has 2 bridgehead atoms. The van der Waals surface area contributed by atoms with Crippen molar-refractivity contribution < 1.29 is 27.2 Å². The highest BCUT2D eigenvalue weighted by Gasteiger charge is 2.65. The number of sulfonamides is 1. The van der Waals surface area contributed by atoms with Gasteiger partial charge in [-0.15, -0.1) is 0 Å². The summed E-state index contributed by atoms with van der Waals surface area (Å²) < 4.78 is 44.5. The van der Waals surface area contributed by atoms with Gasteiger partial charge in [-0.1, -0.05) is 17.3 Å². The van der Waals surface area contributed by atoms with E-state index >= 15 is 0 Å². The summed E-state index contributed by atoms with van der Waals surface area (Å²) in [5, 5.41) is 3.16. The molecule has 3 aliphatic rings. The third kappa shape index (κ3) is 3.01. The summed E-state index contributed by atoms with van der Waals surface area (Å²) in [6, 6.07) is 8.95. The van der Waals surface area contributed by atoms with Crippen LogP contribution in [-0.4, -0.2) is 72.4 Å². The van der Waals surface area contributed by atoms with Crippen molar-refractivity contribution in [2.24, 2.45) is 0 Å². The number of amides is 1. The van der Waals surface area contributed by atoms with Gasteiger partial charge >= 0.3 is 0 Å². The molecule has 3 saturated heterocycles. The lowest BCUT2D eigenvalue weighted by Gasteiger charge is -2.39. The second-order valence-corrected chi connectivity index (χ2v) is 10.3. The second-order valence-electron chi connectivity index (χ2n) is 8.20. The predicted octanol–water partition coefficient (Wildman–Crippen LogP) is 1.19. The minimum absolute atomic E-state index is 0.215.